The fourth-order valence-corrected chi connectivity index (χ4v) is 1.87. The predicted octanol–water partition coefficient (Wildman–Crippen LogP) is 4.01. The maximum Gasteiger partial charge on any atom is 0.323 e. The van der Waals surface area contributed by atoms with Gasteiger partial charge in [-0.1, -0.05) is 32.0 Å². The number of nitrogen functional groups attached to an aromatic ring is 1. The Hall–Kier alpha value is -2.69. The van der Waals surface area contributed by atoms with Crippen LogP contribution in [-0.4, -0.2) is 20.1 Å². The molecular weight excluding hydrogens is 276 g/mol. The van der Waals surface area contributed by atoms with Crippen LogP contribution in [0.15, 0.2) is 48.5 Å². The molecule has 0 aromatic heterocycles. The molecule has 5 heteroatoms. The topological polar surface area (TPSA) is 70.4 Å². The summed E-state index contributed by atoms with van der Waals surface area (Å²) < 4.78 is 0. The molecule has 0 aliphatic heterocycles. The number of nitrogens with zero attached hydrogens (tertiary/aromatic N) is 1. The molecule has 0 saturated carbocycles. The van der Waals surface area contributed by atoms with Crippen LogP contribution in [-0.2, 0) is 0 Å². The number of para-hydroxylation sites is 2. The van der Waals surface area contributed by atoms with Crippen LogP contribution in [0.25, 0.3) is 0 Å². The normalized spacial score (nSPS) is 9.27. The number of nitrogens with one attached hydrogen (secondary N) is 2. The molecular formula is C17H24N4O. The number of carbonyl (C=O) groups excluding carboxylic acids is 1. The van der Waals surface area contributed by atoms with Gasteiger partial charge >= 0.3 is 6.03 Å². The van der Waals surface area contributed by atoms with Crippen LogP contribution < -0.4 is 21.3 Å². The van der Waals surface area contributed by atoms with Crippen molar-refractivity contribution in [3.63, 3.8) is 0 Å². The molecule has 22 heavy (non-hydrogen) atoms. The van der Waals surface area contributed by atoms with E-state index in [0.29, 0.717) is 11.4 Å². The van der Waals surface area contributed by atoms with Gasteiger partial charge in [0.05, 0.1) is 11.4 Å². The Morgan fingerprint density at radius 3 is 2.32 bits per heavy atom. The summed E-state index contributed by atoms with van der Waals surface area (Å²) in [6.45, 7) is 4.00. The number of rotatable bonds is 3. The largest absolute Gasteiger partial charge is 0.399 e. The molecule has 2 aromatic rings. The average molecular weight is 300 g/mol. The second-order valence-corrected chi connectivity index (χ2v) is 4.62. The highest BCUT2D eigenvalue weighted by Gasteiger charge is 2.07. The number of amides is 2. The Balaban J connectivity index is 0.00000116. The van der Waals surface area contributed by atoms with Crippen LogP contribution in [0.2, 0.25) is 0 Å². The molecule has 0 bridgehead atoms. The number of hydrogen-bond acceptors (Lipinski definition) is 3. The van der Waals surface area contributed by atoms with E-state index in [9.17, 15) is 4.79 Å². The van der Waals surface area contributed by atoms with Crippen LogP contribution in [0.4, 0.5) is 27.5 Å². The van der Waals surface area contributed by atoms with Crippen molar-refractivity contribution in [1.82, 2.24) is 0 Å². The zero-order valence-electron chi connectivity index (χ0n) is 13.6. The minimum Gasteiger partial charge on any atom is -0.399 e. The van der Waals surface area contributed by atoms with Crippen molar-refractivity contribution in [1.29, 1.82) is 0 Å². The summed E-state index contributed by atoms with van der Waals surface area (Å²) in [4.78, 5) is 13.9. The first-order chi connectivity index (χ1) is 10.6. The molecule has 4 N–H and O–H groups in total. The summed E-state index contributed by atoms with van der Waals surface area (Å²) in [5, 5.41) is 5.58. The van der Waals surface area contributed by atoms with E-state index in [1.165, 1.54) is 0 Å². The van der Waals surface area contributed by atoms with Gasteiger partial charge < -0.3 is 21.3 Å². The molecule has 0 saturated heterocycles. The van der Waals surface area contributed by atoms with E-state index in [-0.39, 0.29) is 6.03 Å². The highest BCUT2D eigenvalue weighted by atomic mass is 16.2. The lowest BCUT2D eigenvalue weighted by Gasteiger charge is -2.18. The summed E-state index contributed by atoms with van der Waals surface area (Å²) in [5.74, 6) is 0. The van der Waals surface area contributed by atoms with E-state index < -0.39 is 0 Å². The minimum atomic E-state index is -0.301. The van der Waals surface area contributed by atoms with Crippen molar-refractivity contribution in [2.24, 2.45) is 0 Å². The van der Waals surface area contributed by atoms with E-state index in [0.717, 1.165) is 11.4 Å². The van der Waals surface area contributed by atoms with Gasteiger partial charge in [0.25, 0.3) is 0 Å². The van der Waals surface area contributed by atoms with Gasteiger partial charge in [-0.2, -0.15) is 0 Å². The molecule has 0 aliphatic carbocycles. The number of anilines is 4. The molecule has 0 atom stereocenters. The summed E-state index contributed by atoms with van der Waals surface area (Å²) in [6, 6.07) is 14.3. The highest BCUT2D eigenvalue weighted by Crippen LogP contribution is 2.23. The van der Waals surface area contributed by atoms with Gasteiger partial charge in [0, 0.05) is 25.5 Å². The van der Waals surface area contributed by atoms with Crippen molar-refractivity contribution < 1.29 is 4.79 Å². The summed E-state index contributed by atoms with van der Waals surface area (Å²) >= 11 is 0. The number of hydrogen-bond donors (Lipinski definition) is 3. The molecule has 0 aliphatic rings. The van der Waals surface area contributed by atoms with Gasteiger partial charge in [0.15, 0.2) is 0 Å². The van der Waals surface area contributed by atoms with E-state index in [1.54, 1.807) is 24.3 Å². The van der Waals surface area contributed by atoms with Crippen molar-refractivity contribution in [2.75, 3.05) is 35.4 Å². The quantitative estimate of drug-likeness (QED) is 0.750. The molecule has 2 aromatic carbocycles. The number of urea groups is 1. The second-order valence-electron chi connectivity index (χ2n) is 4.62. The molecule has 0 unspecified atom stereocenters. The van der Waals surface area contributed by atoms with E-state index >= 15 is 0 Å². The maximum absolute atomic E-state index is 12.0. The standard InChI is InChI=1S/C15H18N4O.C2H6/c1-19(2)14-9-4-3-8-13(14)18-15(20)17-12-7-5-6-11(16)10-12;1-2/h3-10H,16H2,1-2H3,(H2,17,18,20);1-2H3. The van der Waals surface area contributed by atoms with E-state index in [1.807, 2.05) is 57.1 Å². The zero-order valence-corrected chi connectivity index (χ0v) is 13.6. The molecule has 0 heterocycles. The monoisotopic (exact) mass is 300 g/mol. The summed E-state index contributed by atoms with van der Waals surface area (Å²) in [7, 11) is 3.85. The SMILES string of the molecule is CC.CN(C)c1ccccc1NC(=O)Nc1cccc(N)c1. The molecule has 0 spiro atoms. The Bertz CT molecular complexity index is 611. The molecule has 118 valence electrons. The van der Waals surface area contributed by atoms with Gasteiger partial charge in [0.2, 0.25) is 0 Å². The van der Waals surface area contributed by atoms with Crippen molar-refractivity contribution in [3.05, 3.63) is 48.5 Å². The number of benzene rings is 2. The first kappa shape index (κ1) is 17.4. The second kappa shape index (κ2) is 8.56. The van der Waals surface area contributed by atoms with Crippen molar-refractivity contribution in [2.45, 2.75) is 13.8 Å². The Morgan fingerprint density at radius 1 is 1.00 bits per heavy atom. The Morgan fingerprint density at radius 2 is 1.68 bits per heavy atom. The third-order valence-corrected chi connectivity index (χ3v) is 2.78. The molecule has 0 radical (unpaired) electrons. The van der Waals surface area contributed by atoms with Gasteiger partial charge in [-0.15, -0.1) is 0 Å². The summed E-state index contributed by atoms with van der Waals surface area (Å²) in [5.41, 5.74) is 8.63. The first-order valence-electron chi connectivity index (χ1n) is 7.26. The van der Waals surface area contributed by atoms with Crippen LogP contribution in [0.5, 0.6) is 0 Å². The lowest BCUT2D eigenvalue weighted by Crippen LogP contribution is -2.21. The molecule has 2 rings (SSSR count). The lowest BCUT2D eigenvalue weighted by atomic mass is 10.2. The Labute approximate surface area is 132 Å². The van der Waals surface area contributed by atoms with Crippen molar-refractivity contribution >= 4 is 28.8 Å². The molecule has 5 nitrogen and oxygen atoms in total. The van der Waals surface area contributed by atoms with Gasteiger partial charge in [0.1, 0.15) is 0 Å². The smallest absolute Gasteiger partial charge is 0.323 e. The number of carbonyl (C=O) groups is 1. The van der Waals surface area contributed by atoms with E-state index in [4.69, 9.17) is 5.73 Å². The third kappa shape index (κ3) is 5.01. The third-order valence-electron chi connectivity index (χ3n) is 2.78. The van der Waals surface area contributed by atoms with Gasteiger partial charge in [-0.05, 0) is 30.3 Å². The number of nitrogens with two attached hydrogens (primary N) is 1. The van der Waals surface area contributed by atoms with E-state index in [2.05, 4.69) is 10.6 Å². The van der Waals surface area contributed by atoms with Crippen LogP contribution in [0.3, 0.4) is 0 Å². The van der Waals surface area contributed by atoms with Crippen LogP contribution >= 0.6 is 0 Å². The molecule has 2 amide bonds. The fraction of sp³-hybridized carbons (Fsp3) is 0.235. The Kier molecular flexibility index (Phi) is 6.76. The summed E-state index contributed by atoms with van der Waals surface area (Å²) in [6.07, 6.45) is 0. The molecule has 0 fully saturated rings. The minimum absolute atomic E-state index is 0.301. The fourth-order valence-electron chi connectivity index (χ4n) is 1.87. The highest BCUT2D eigenvalue weighted by molar-refractivity contribution is 6.02. The predicted molar refractivity (Wildman–Crippen MR) is 95.6 cm³/mol. The van der Waals surface area contributed by atoms with Crippen LogP contribution in [0.1, 0.15) is 13.8 Å². The van der Waals surface area contributed by atoms with Gasteiger partial charge in [-0.25, -0.2) is 4.79 Å². The van der Waals surface area contributed by atoms with Gasteiger partial charge in [-0.3, -0.25) is 0 Å². The van der Waals surface area contributed by atoms with Crippen molar-refractivity contribution in [3.8, 4) is 0 Å². The maximum atomic E-state index is 12.0. The first-order valence-corrected chi connectivity index (χ1v) is 7.26. The van der Waals surface area contributed by atoms with Crippen LogP contribution in [0, 0.1) is 0 Å². The average Bonchev–Trinajstić information content (AvgIpc) is 2.49. The lowest BCUT2D eigenvalue weighted by molar-refractivity contribution is 0.262. The zero-order chi connectivity index (χ0) is 16.5.